The molecular formula is C15H13BrFNOS. The third kappa shape index (κ3) is 2.65. The Kier molecular flexibility index (Phi) is 3.89. The van der Waals surface area contributed by atoms with E-state index in [0.29, 0.717) is 4.90 Å². The smallest absolute Gasteiger partial charge is 0.152 e. The maximum atomic E-state index is 13.0. The van der Waals surface area contributed by atoms with E-state index in [0.717, 1.165) is 29.5 Å². The second-order valence-electron chi connectivity index (χ2n) is 4.68. The molecule has 0 aromatic heterocycles. The SMILES string of the molecule is O=S(c1ccc(F)cc1)N1CCCc2ccc(Br)cc21. The van der Waals surface area contributed by atoms with E-state index < -0.39 is 11.0 Å². The first kappa shape index (κ1) is 13.8. The standard InChI is InChI=1S/C15H13BrFNOS/c16-12-4-3-11-2-1-9-18(15(11)10-12)20(19)14-7-5-13(17)6-8-14/h3-8,10H,1-2,9H2. The van der Waals surface area contributed by atoms with Gasteiger partial charge in [-0.1, -0.05) is 22.0 Å². The van der Waals surface area contributed by atoms with Crippen LogP contribution in [0.3, 0.4) is 0 Å². The number of hydrogen-bond donors (Lipinski definition) is 0. The second kappa shape index (κ2) is 5.66. The summed E-state index contributed by atoms with van der Waals surface area (Å²) >= 11 is 3.46. The lowest BCUT2D eigenvalue weighted by atomic mass is 10.0. The second-order valence-corrected chi connectivity index (χ2v) is 7.01. The summed E-state index contributed by atoms with van der Waals surface area (Å²) in [5.41, 5.74) is 2.20. The van der Waals surface area contributed by atoms with Crippen molar-refractivity contribution in [1.82, 2.24) is 0 Å². The Hall–Kier alpha value is -1.20. The summed E-state index contributed by atoms with van der Waals surface area (Å²) in [6.07, 6.45) is 1.97. The molecule has 1 aliphatic heterocycles. The van der Waals surface area contributed by atoms with Crippen LogP contribution in [-0.4, -0.2) is 10.8 Å². The molecule has 0 bridgehead atoms. The highest BCUT2D eigenvalue weighted by Gasteiger charge is 2.22. The molecule has 2 aromatic carbocycles. The number of nitrogens with zero attached hydrogens (tertiary/aromatic N) is 1. The van der Waals surface area contributed by atoms with Gasteiger partial charge in [0.1, 0.15) is 5.82 Å². The van der Waals surface area contributed by atoms with E-state index in [2.05, 4.69) is 22.0 Å². The quantitative estimate of drug-likeness (QED) is 0.796. The summed E-state index contributed by atoms with van der Waals surface area (Å²) in [6.45, 7) is 0.743. The number of aryl methyl sites for hydroxylation is 1. The van der Waals surface area contributed by atoms with Crippen LogP contribution in [0.5, 0.6) is 0 Å². The minimum Gasteiger partial charge on any atom is -0.287 e. The van der Waals surface area contributed by atoms with Gasteiger partial charge >= 0.3 is 0 Å². The van der Waals surface area contributed by atoms with Crippen molar-refractivity contribution in [2.24, 2.45) is 0 Å². The topological polar surface area (TPSA) is 20.3 Å². The molecule has 0 radical (unpaired) electrons. The van der Waals surface area contributed by atoms with Gasteiger partial charge in [0.15, 0.2) is 11.0 Å². The summed E-state index contributed by atoms with van der Waals surface area (Å²) in [5.74, 6) is -0.312. The lowest BCUT2D eigenvalue weighted by molar-refractivity contribution is 0.626. The zero-order chi connectivity index (χ0) is 14.1. The predicted octanol–water partition coefficient (Wildman–Crippen LogP) is 4.06. The zero-order valence-electron chi connectivity index (χ0n) is 10.7. The molecule has 0 aliphatic carbocycles. The molecule has 1 atom stereocenters. The monoisotopic (exact) mass is 353 g/mol. The molecule has 1 heterocycles. The van der Waals surface area contributed by atoms with Gasteiger partial charge in [-0.05, 0) is 54.8 Å². The molecule has 0 saturated heterocycles. The van der Waals surface area contributed by atoms with E-state index in [4.69, 9.17) is 0 Å². The third-order valence-corrected chi connectivity index (χ3v) is 5.29. The van der Waals surface area contributed by atoms with Crippen molar-refractivity contribution in [1.29, 1.82) is 0 Å². The summed E-state index contributed by atoms with van der Waals surface area (Å²) in [7, 11) is -1.30. The van der Waals surface area contributed by atoms with E-state index >= 15 is 0 Å². The number of hydrogen-bond acceptors (Lipinski definition) is 1. The van der Waals surface area contributed by atoms with Gasteiger partial charge in [0.2, 0.25) is 0 Å². The molecule has 1 unspecified atom stereocenters. The normalized spacial score (nSPS) is 15.8. The summed E-state index contributed by atoms with van der Waals surface area (Å²) < 4.78 is 28.5. The first-order valence-corrected chi connectivity index (χ1v) is 8.28. The van der Waals surface area contributed by atoms with Crippen LogP contribution in [0.4, 0.5) is 10.1 Å². The molecule has 0 fully saturated rings. The van der Waals surface area contributed by atoms with Gasteiger partial charge in [-0.3, -0.25) is 4.31 Å². The third-order valence-electron chi connectivity index (χ3n) is 3.34. The summed E-state index contributed by atoms with van der Waals surface area (Å²) in [4.78, 5) is 0.624. The van der Waals surface area contributed by atoms with Crippen molar-refractivity contribution >= 4 is 32.6 Å². The molecule has 0 saturated carbocycles. The van der Waals surface area contributed by atoms with Gasteiger partial charge in [-0.2, -0.15) is 0 Å². The van der Waals surface area contributed by atoms with E-state index in [1.165, 1.54) is 17.7 Å². The van der Waals surface area contributed by atoms with Gasteiger partial charge in [0, 0.05) is 11.0 Å². The van der Waals surface area contributed by atoms with Crippen LogP contribution in [-0.2, 0) is 17.4 Å². The average molecular weight is 354 g/mol. The maximum Gasteiger partial charge on any atom is 0.152 e. The number of fused-ring (bicyclic) bond motifs is 1. The van der Waals surface area contributed by atoms with Gasteiger partial charge in [0.05, 0.1) is 10.6 Å². The Balaban J connectivity index is 1.97. The Morgan fingerprint density at radius 3 is 2.65 bits per heavy atom. The molecule has 5 heteroatoms. The van der Waals surface area contributed by atoms with Crippen LogP contribution in [0.1, 0.15) is 12.0 Å². The molecule has 104 valence electrons. The Bertz CT molecular complexity index is 659. The molecule has 3 rings (SSSR count). The fourth-order valence-corrected chi connectivity index (χ4v) is 3.98. The van der Waals surface area contributed by atoms with Gasteiger partial charge in [-0.15, -0.1) is 0 Å². The van der Waals surface area contributed by atoms with E-state index in [1.54, 1.807) is 12.1 Å². The largest absolute Gasteiger partial charge is 0.287 e. The molecule has 2 nitrogen and oxygen atoms in total. The minimum absolute atomic E-state index is 0.312. The predicted molar refractivity (Wildman–Crippen MR) is 82.6 cm³/mol. The highest BCUT2D eigenvalue weighted by molar-refractivity contribution is 9.10. The number of benzene rings is 2. The van der Waals surface area contributed by atoms with Crippen molar-refractivity contribution in [2.45, 2.75) is 17.7 Å². The average Bonchev–Trinajstić information content (AvgIpc) is 2.46. The first-order valence-electron chi connectivity index (χ1n) is 6.38. The summed E-state index contributed by atoms with van der Waals surface area (Å²) in [5, 5.41) is 0. The molecule has 2 aromatic rings. The number of rotatable bonds is 2. The lowest BCUT2D eigenvalue weighted by Crippen LogP contribution is -2.31. The highest BCUT2D eigenvalue weighted by Crippen LogP contribution is 2.32. The molecule has 1 aliphatic rings. The molecule has 0 N–H and O–H groups in total. The van der Waals surface area contributed by atoms with Crippen LogP contribution in [0, 0.1) is 5.82 Å². The van der Waals surface area contributed by atoms with Gasteiger partial charge in [0.25, 0.3) is 0 Å². The van der Waals surface area contributed by atoms with Crippen molar-refractivity contribution in [3.05, 3.63) is 58.3 Å². The summed E-state index contributed by atoms with van der Waals surface area (Å²) in [6, 6.07) is 11.9. The van der Waals surface area contributed by atoms with Crippen LogP contribution in [0.15, 0.2) is 51.8 Å². The van der Waals surface area contributed by atoms with Crippen LogP contribution in [0.25, 0.3) is 0 Å². The lowest BCUT2D eigenvalue weighted by Gasteiger charge is -2.30. The fourth-order valence-electron chi connectivity index (χ4n) is 2.36. The Morgan fingerprint density at radius 2 is 1.90 bits per heavy atom. The highest BCUT2D eigenvalue weighted by atomic mass is 79.9. The Labute approximate surface area is 128 Å². The van der Waals surface area contributed by atoms with E-state index in [-0.39, 0.29) is 5.82 Å². The van der Waals surface area contributed by atoms with Crippen molar-refractivity contribution < 1.29 is 8.60 Å². The van der Waals surface area contributed by atoms with Crippen molar-refractivity contribution in [2.75, 3.05) is 10.8 Å². The van der Waals surface area contributed by atoms with E-state index in [1.807, 2.05) is 16.4 Å². The van der Waals surface area contributed by atoms with Gasteiger partial charge < -0.3 is 0 Å². The number of anilines is 1. The van der Waals surface area contributed by atoms with E-state index in [9.17, 15) is 8.60 Å². The van der Waals surface area contributed by atoms with Gasteiger partial charge in [-0.25, -0.2) is 8.60 Å². The van der Waals surface area contributed by atoms with Crippen molar-refractivity contribution in [3.63, 3.8) is 0 Å². The van der Waals surface area contributed by atoms with Crippen molar-refractivity contribution in [3.8, 4) is 0 Å². The van der Waals surface area contributed by atoms with Crippen LogP contribution >= 0.6 is 15.9 Å². The Morgan fingerprint density at radius 1 is 1.15 bits per heavy atom. The minimum atomic E-state index is -1.30. The zero-order valence-corrected chi connectivity index (χ0v) is 13.1. The maximum absolute atomic E-state index is 13.0. The number of halogens is 2. The van der Waals surface area contributed by atoms with Crippen LogP contribution in [0.2, 0.25) is 0 Å². The first-order chi connectivity index (χ1) is 9.65. The molecular weight excluding hydrogens is 341 g/mol. The molecule has 0 amide bonds. The fraction of sp³-hybridized carbons (Fsp3) is 0.200. The van der Waals surface area contributed by atoms with Crippen LogP contribution < -0.4 is 4.31 Å². The molecule has 0 spiro atoms. The molecule has 20 heavy (non-hydrogen) atoms.